The second-order valence-corrected chi connectivity index (χ2v) is 6.43. The number of aromatic amines is 1. The molecule has 4 heteroatoms. The molecule has 1 aliphatic carbocycles. The normalized spacial score (nSPS) is 21.8. The molecule has 0 radical (unpaired) electrons. The van der Waals surface area contributed by atoms with Crippen molar-refractivity contribution in [1.82, 2.24) is 15.2 Å². The predicted octanol–water partition coefficient (Wildman–Crippen LogP) is 3.74. The molecule has 0 amide bonds. The van der Waals surface area contributed by atoms with Gasteiger partial charge in [0.1, 0.15) is 0 Å². The SMILES string of the molecule is CC1(C)CCCCC1c1[nH]nc(N)c1-c1cccnc1. The van der Waals surface area contributed by atoms with E-state index in [4.69, 9.17) is 5.73 Å². The van der Waals surface area contributed by atoms with Crippen molar-refractivity contribution >= 4 is 5.82 Å². The Morgan fingerprint density at radius 3 is 2.90 bits per heavy atom. The number of nitrogens with zero attached hydrogens (tertiary/aromatic N) is 2. The fraction of sp³-hybridized carbons (Fsp3) is 0.500. The van der Waals surface area contributed by atoms with Gasteiger partial charge in [0.05, 0.1) is 0 Å². The van der Waals surface area contributed by atoms with E-state index < -0.39 is 0 Å². The van der Waals surface area contributed by atoms with Gasteiger partial charge in [0.25, 0.3) is 0 Å². The van der Waals surface area contributed by atoms with Crippen LogP contribution >= 0.6 is 0 Å². The number of hydrogen-bond acceptors (Lipinski definition) is 3. The number of rotatable bonds is 2. The lowest BCUT2D eigenvalue weighted by atomic mass is 9.67. The third-order valence-corrected chi connectivity index (χ3v) is 4.63. The Labute approximate surface area is 119 Å². The molecule has 0 spiro atoms. The summed E-state index contributed by atoms with van der Waals surface area (Å²) in [7, 11) is 0. The first-order valence-corrected chi connectivity index (χ1v) is 7.34. The van der Waals surface area contributed by atoms with Gasteiger partial charge in [-0.3, -0.25) is 10.1 Å². The highest BCUT2D eigenvalue weighted by Gasteiger charge is 2.36. The molecule has 2 aromatic heterocycles. The molecular formula is C16H22N4. The van der Waals surface area contributed by atoms with Gasteiger partial charge in [-0.2, -0.15) is 5.10 Å². The van der Waals surface area contributed by atoms with Crippen molar-refractivity contribution in [3.8, 4) is 11.1 Å². The van der Waals surface area contributed by atoms with Crippen LogP contribution in [0, 0.1) is 5.41 Å². The Bertz CT molecular complexity index is 586. The first kappa shape index (κ1) is 13.2. The van der Waals surface area contributed by atoms with E-state index in [2.05, 4.69) is 29.0 Å². The Morgan fingerprint density at radius 2 is 2.20 bits per heavy atom. The Hall–Kier alpha value is -1.84. The summed E-state index contributed by atoms with van der Waals surface area (Å²) in [5, 5.41) is 7.45. The topological polar surface area (TPSA) is 67.6 Å². The van der Waals surface area contributed by atoms with Gasteiger partial charge < -0.3 is 5.73 Å². The van der Waals surface area contributed by atoms with E-state index >= 15 is 0 Å². The number of anilines is 1. The summed E-state index contributed by atoms with van der Waals surface area (Å²) in [6.07, 6.45) is 8.68. The van der Waals surface area contributed by atoms with E-state index in [0.29, 0.717) is 11.7 Å². The molecule has 0 aliphatic heterocycles. The van der Waals surface area contributed by atoms with E-state index in [1.54, 1.807) is 6.20 Å². The van der Waals surface area contributed by atoms with Crippen molar-refractivity contribution in [2.75, 3.05) is 5.73 Å². The molecule has 1 atom stereocenters. The lowest BCUT2D eigenvalue weighted by Crippen LogP contribution is -2.26. The third-order valence-electron chi connectivity index (χ3n) is 4.63. The molecule has 20 heavy (non-hydrogen) atoms. The number of nitrogens with two attached hydrogens (primary N) is 1. The van der Waals surface area contributed by atoms with Gasteiger partial charge in [-0.15, -0.1) is 0 Å². The van der Waals surface area contributed by atoms with Crippen LogP contribution in [0.15, 0.2) is 24.5 Å². The molecule has 1 saturated carbocycles. The van der Waals surface area contributed by atoms with Gasteiger partial charge in [0.2, 0.25) is 0 Å². The first-order chi connectivity index (χ1) is 9.59. The average molecular weight is 270 g/mol. The van der Waals surface area contributed by atoms with Crippen LogP contribution in [0.2, 0.25) is 0 Å². The maximum Gasteiger partial charge on any atom is 0.153 e. The summed E-state index contributed by atoms with van der Waals surface area (Å²) >= 11 is 0. The minimum absolute atomic E-state index is 0.286. The fourth-order valence-electron chi connectivity index (χ4n) is 3.47. The average Bonchev–Trinajstić information content (AvgIpc) is 2.81. The maximum atomic E-state index is 6.10. The molecule has 2 heterocycles. The third kappa shape index (κ3) is 2.19. The molecular weight excluding hydrogens is 248 g/mol. The highest BCUT2D eigenvalue weighted by atomic mass is 15.2. The van der Waals surface area contributed by atoms with E-state index in [0.717, 1.165) is 11.1 Å². The van der Waals surface area contributed by atoms with Crippen LogP contribution in [-0.2, 0) is 0 Å². The number of H-pyrrole nitrogens is 1. The van der Waals surface area contributed by atoms with Gasteiger partial charge in [0.15, 0.2) is 5.82 Å². The molecule has 1 fully saturated rings. The van der Waals surface area contributed by atoms with Crippen molar-refractivity contribution in [1.29, 1.82) is 0 Å². The summed E-state index contributed by atoms with van der Waals surface area (Å²) in [6, 6.07) is 3.99. The summed E-state index contributed by atoms with van der Waals surface area (Å²) in [5.41, 5.74) is 9.66. The van der Waals surface area contributed by atoms with Crippen LogP contribution in [-0.4, -0.2) is 15.2 Å². The van der Waals surface area contributed by atoms with Crippen molar-refractivity contribution in [3.63, 3.8) is 0 Å². The minimum Gasteiger partial charge on any atom is -0.382 e. The van der Waals surface area contributed by atoms with Crippen molar-refractivity contribution < 1.29 is 0 Å². The molecule has 0 saturated heterocycles. The highest BCUT2D eigenvalue weighted by molar-refractivity contribution is 5.76. The zero-order chi connectivity index (χ0) is 14.2. The van der Waals surface area contributed by atoms with Crippen molar-refractivity contribution in [3.05, 3.63) is 30.2 Å². The van der Waals surface area contributed by atoms with Crippen LogP contribution in [0.5, 0.6) is 0 Å². The number of nitrogens with one attached hydrogen (secondary N) is 1. The van der Waals surface area contributed by atoms with E-state index in [1.807, 2.05) is 18.3 Å². The quantitative estimate of drug-likeness (QED) is 0.873. The predicted molar refractivity (Wildman–Crippen MR) is 81.2 cm³/mol. The molecule has 0 aromatic carbocycles. The standard InChI is InChI=1S/C16H22N4/c1-16(2)8-4-3-7-12(16)14-13(15(17)20-19-14)11-6-5-9-18-10-11/h5-6,9-10,12H,3-4,7-8H2,1-2H3,(H3,17,19,20). The Kier molecular flexibility index (Phi) is 3.24. The number of hydrogen-bond donors (Lipinski definition) is 2. The molecule has 2 aromatic rings. The fourth-order valence-corrected chi connectivity index (χ4v) is 3.47. The molecule has 4 nitrogen and oxygen atoms in total. The van der Waals surface area contributed by atoms with E-state index in [-0.39, 0.29) is 5.41 Å². The minimum atomic E-state index is 0.286. The van der Waals surface area contributed by atoms with Gasteiger partial charge >= 0.3 is 0 Å². The van der Waals surface area contributed by atoms with Crippen LogP contribution in [0.1, 0.15) is 51.1 Å². The molecule has 1 unspecified atom stereocenters. The molecule has 106 valence electrons. The molecule has 3 N–H and O–H groups in total. The van der Waals surface area contributed by atoms with Crippen molar-refractivity contribution in [2.24, 2.45) is 5.41 Å². The van der Waals surface area contributed by atoms with Crippen LogP contribution in [0.4, 0.5) is 5.82 Å². The number of nitrogen functional groups attached to an aromatic ring is 1. The number of aromatic nitrogens is 3. The summed E-state index contributed by atoms with van der Waals surface area (Å²) in [4.78, 5) is 4.21. The van der Waals surface area contributed by atoms with Crippen LogP contribution < -0.4 is 5.73 Å². The first-order valence-electron chi connectivity index (χ1n) is 7.34. The Morgan fingerprint density at radius 1 is 1.35 bits per heavy atom. The zero-order valence-corrected chi connectivity index (χ0v) is 12.2. The van der Waals surface area contributed by atoms with E-state index in [9.17, 15) is 0 Å². The van der Waals surface area contributed by atoms with Gasteiger partial charge in [0, 0.05) is 35.1 Å². The van der Waals surface area contributed by atoms with Gasteiger partial charge in [-0.25, -0.2) is 0 Å². The highest BCUT2D eigenvalue weighted by Crippen LogP contribution is 2.49. The molecule has 1 aliphatic rings. The summed E-state index contributed by atoms with van der Waals surface area (Å²) in [6.45, 7) is 4.70. The monoisotopic (exact) mass is 270 g/mol. The zero-order valence-electron chi connectivity index (χ0n) is 12.2. The lowest BCUT2D eigenvalue weighted by Gasteiger charge is -2.38. The van der Waals surface area contributed by atoms with Gasteiger partial charge in [-0.1, -0.05) is 32.8 Å². The van der Waals surface area contributed by atoms with Gasteiger partial charge in [-0.05, 0) is 24.3 Å². The summed E-state index contributed by atoms with van der Waals surface area (Å²) < 4.78 is 0. The smallest absolute Gasteiger partial charge is 0.153 e. The Balaban J connectivity index is 2.07. The molecule has 0 bridgehead atoms. The van der Waals surface area contributed by atoms with Crippen molar-refractivity contribution in [2.45, 2.75) is 45.4 Å². The lowest BCUT2D eigenvalue weighted by molar-refractivity contribution is 0.196. The van der Waals surface area contributed by atoms with Crippen LogP contribution in [0.25, 0.3) is 11.1 Å². The number of pyridine rings is 1. The summed E-state index contributed by atoms with van der Waals surface area (Å²) in [5.74, 6) is 1.06. The van der Waals surface area contributed by atoms with Crippen LogP contribution in [0.3, 0.4) is 0 Å². The largest absolute Gasteiger partial charge is 0.382 e. The molecule has 3 rings (SSSR count). The second-order valence-electron chi connectivity index (χ2n) is 6.43. The second kappa shape index (κ2) is 4.93. The van der Waals surface area contributed by atoms with E-state index in [1.165, 1.54) is 31.4 Å². The maximum absolute atomic E-state index is 6.10.